The number of carboxylic acid groups (broad SMARTS) is 1. The molecular formula is C47H84N2O5. The van der Waals surface area contributed by atoms with Crippen LogP contribution in [0.15, 0.2) is 48.6 Å². The normalized spacial score (nSPS) is 13.1. The minimum absolute atomic E-state index is 0.0583. The number of unbranched alkanes of at least 4 members (excludes halogenated alkanes) is 18. The zero-order chi connectivity index (χ0) is 39.6. The fraction of sp³-hybridized carbons (Fsp3) is 0.766. The van der Waals surface area contributed by atoms with E-state index in [0.29, 0.717) is 32.2 Å². The number of nitrogens with two attached hydrogens (primary N) is 1. The molecule has 7 heteroatoms. The summed E-state index contributed by atoms with van der Waals surface area (Å²) in [4.78, 5) is 36.4. The highest BCUT2D eigenvalue weighted by atomic mass is 16.5. The zero-order valence-corrected chi connectivity index (χ0v) is 35.1. The Bertz CT molecular complexity index is 989. The number of carbonyl (C=O) groups is 3. The third-order valence-electron chi connectivity index (χ3n) is 9.92. The molecule has 0 rings (SSSR count). The van der Waals surface area contributed by atoms with Gasteiger partial charge in [0.25, 0.3) is 0 Å². The highest BCUT2D eigenvalue weighted by Crippen LogP contribution is 2.18. The van der Waals surface area contributed by atoms with Gasteiger partial charge in [-0.05, 0) is 83.6 Å². The summed E-state index contributed by atoms with van der Waals surface area (Å²) in [6.45, 7) is 4.83. The summed E-state index contributed by atoms with van der Waals surface area (Å²) in [5, 5.41) is 11.9. The Labute approximate surface area is 332 Å². The molecule has 0 spiro atoms. The average molecular weight is 757 g/mol. The van der Waals surface area contributed by atoms with E-state index in [1.165, 1.54) is 83.5 Å². The second-order valence-electron chi connectivity index (χ2n) is 15.1. The first-order valence-corrected chi connectivity index (χ1v) is 22.5. The molecule has 0 fully saturated rings. The van der Waals surface area contributed by atoms with Gasteiger partial charge >= 0.3 is 11.9 Å². The quantitative estimate of drug-likeness (QED) is 0.0325. The number of esters is 1. The van der Waals surface area contributed by atoms with Gasteiger partial charge in [0.1, 0.15) is 12.1 Å². The maximum Gasteiger partial charge on any atom is 0.326 e. The van der Waals surface area contributed by atoms with Crippen LogP contribution in [-0.2, 0) is 19.1 Å². The van der Waals surface area contributed by atoms with Crippen molar-refractivity contribution in [2.75, 3.05) is 6.54 Å². The van der Waals surface area contributed by atoms with Crippen LogP contribution in [0.3, 0.4) is 0 Å². The number of allylic oxidation sites excluding steroid dienone is 8. The number of rotatable bonds is 40. The number of carbonyl (C=O) groups excluding carboxylic acids is 2. The lowest BCUT2D eigenvalue weighted by atomic mass is 10.0. The molecule has 2 unspecified atom stereocenters. The Hall–Kier alpha value is -2.67. The largest absolute Gasteiger partial charge is 0.480 e. The van der Waals surface area contributed by atoms with Crippen molar-refractivity contribution in [2.45, 2.75) is 225 Å². The molecule has 0 aromatic heterocycles. The number of carboxylic acids is 1. The van der Waals surface area contributed by atoms with Crippen LogP contribution in [0.25, 0.3) is 0 Å². The van der Waals surface area contributed by atoms with Crippen LogP contribution in [0.2, 0.25) is 0 Å². The molecule has 0 aromatic rings. The van der Waals surface area contributed by atoms with Crippen LogP contribution in [0.4, 0.5) is 0 Å². The van der Waals surface area contributed by atoms with Gasteiger partial charge in [0.05, 0.1) is 0 Å². The summed E-state index contributed by atoms with van der Waals surface area (Å²) in [5.41, 5.74) is 5.48. The molecule has 0 aliphatic rings. The second kappa shape index (κ2) is 41.5. The van der Waals surface area contributed by atoms with Crippen molar-refractivity contribution in [3.05, 3.63) is 48.6 Å². The SMILES string of the molecule is CC/C=C\C/C=C\C/C=C\C/C=C\CCC(CCCCCCCC(=O)NC(CCCN)C(=O)O)OC(=O)CCCCCCCCCCCCCCCCC. The molecule has 2 atom stereocenters. The van der Waals surface area contributed by atoms with E-state index in [-0.39, 0.29) is 18.0 Å². The monoisotopic (exact) mass is 757 g/mol. The summed E-state index contributed by atoms with van der Waals surface area (Å²) < 4.78 is 6.01. The van der Waals surface area contributed by atoms with E-state index < -0.39 is 12.0 Å². The number of hydrogen-bond donors (Lipinski definition) is 3. The van der Waals surface area contributed by atoms with Crippen molar-refractivity contribution in [1.82, 2.24) is 5.32 Å². The Morgan fingerprint density at radius 3 is 1.52 bits per heavy atom. The summed E-state index contributed by atoms with van der Waals surface area (Å²) in [7, 11) is 0. The summed E-state index contributed by atoms with van der Waals surface area (Å²) in [6.07, 6.45) is 50.2. The first kappa shape index (κ1) is 51.3. The van der Waals surface area contributed by atoms with Crippen LogP contribution < -0.4 is 11.1 Å². The maximum atomic E-state index is 12.8. The highest BCUT2D eigenvalue weighted by molar-refractivity contribution is 5.83. The van der Waals surface area contributed by atoms with Gasteiger partial charge in [-0.2, -0.15) is 0 Å². The molecule has 7 nitrogen and oxygen atoms in total. The van der Waals surface area contributed by atoms with E-state index in [2.05, 4.69) is 67.8 Å². The van der Waals surface area contributed by atoms with Crippen LogP contribution in [0, 0.1) is 0 Å². The van der Waals surface area contributed by atoms with Crippen LogP contribution in [0.5, 0.6) is 0 Å². The fourth-order valence-electron chi connectivity index (χ4n) is 6.56. The topological polar surface area (TPSA) is 119 Å². The number of hydrogen-bond acceptors (Lipinski definition) is 5. The first-order chi connectivity index (χ1) is 26.4. The summed E-state index contributed by atoms with van der Waals surface area (Å²) in [6, 6.07) is -0.864. The van der Waals surface area contributed by atoms with E-state index in [1.54, 1.807) is 0 Å². The highest BCUT2D eigenvalue weighted by Gasteiger charge is 2.19. The summed E-state index contributed by atoms with van der Waals surface area (Å²) >= 11 is 0. The second-order valence-corrected chi connectivity index (χ2v) is 15.1. The lowest BCUT2D eigenvalue weighted by molar-refractivity contribution is -0.150. The maximum absolute atomic E-state index is 12.8. The van der Waals surface area contributed by atoms with Gasteiger partial charge in [-0.25, -0.2) is 4.79 Å². The Kier molecular flexibility index (Phi) is 39.4. The Balaban J connectivity index is 4.41. The van der Waals surface area contributed by atoms with Crippen molar-refractivity contribution in [1.29, 1.82) is 0 Å². The molecule has 0 aliphatic heterocycles. The van der Waals surface area contributed by atoms with Crippen molar-refractivity contribution in [3.8, 4) is 0 Å². The molecule has 312 valence electrons. The van der Waals surface area contributed by atoms with E-state index in [1.807, 2.05) is 0 Å². The minimum atomic E-state index is -1.01. The predicted octanol–water partition coefficient (Wildman–Crippen LogP) is 12.8. The first-order valence-electron chi connectivity index (χ1n) is 22.5. The molecule has 0 radical (unpaired) electrons. The van der Waals surface area contributed by atoms with E-state index in [4.69, 9.17) is 10.5 Å². The molecule has 0 aliphatic carbocycles. The lowest BCUT2D eigenvalue weighted by Gasteiger charge is -2.17. The summed E-state index contributed by atoms with van der Waals surface area (Å²) in [5.74, 6) is -1.28. The van der Waals surface area contributed by atoms with Crippen molar-refractivity contribution < 1.29 is 24.2 Å². The van der Waals surface area contributed by atoms with Crippen molar-refractivity contribution in [2.24, 2.45) is 5.73 Å². The standard InChI is InChI=1S/C47H84N2O5/c1-3-5-7-9-11-13-15-17-18-20-22-24-26-31-35-41-46(51)54-43(37-32-28-25-23-21-19-16-14-12-10-8-6-4-2)38-33-29-27-30-34-40-45(50)49-44(47(52)53)39-36-42-48/h6,8,12,14,19,21,25,28,43-44H,3-5,7,9-11,13,15-18,20,22-24,26-27,29-42,48H2,1-2H3,(H,49,50)(H,52,53)/b8-6-,14-12-,21-19-,28-25-. The fourth-order valence-corrected chi connectivity index (χ4v) is 6.56. The number of amides is 1. The van der Waals surface area contributed by atoms with E-state index in [0.717, 1.165) is 89.9 Å². The van der Waals surface area contributed by atoms with Gasteiger partial charge in [0.2, 0.25) is 5.91 Å². The van der Waals surface area contributed by atoms with Crippen molar-refractivity contribution in [3.63, 3.8) is 0 Å². The van der Waals surface area contributed by atoms with Gasteiger partial charge in [-0.1, -0.05) is 172 Å². The third kappa shape index (κ3) is 37.6. The molecule has 0 aromatic carbocycles. The van der Waals surface area contributed by atoms with Gasteiger partial charge in [0, 0.05) is 12.8 Å². The van der Waals surface area contributed by atoms with Gasteiger partial charge < -0.3 is 20.9 Å². The minimum Gasteiger partial charge on any atom is -0.480 e. The van der Waals surface area contributed by atoms with E-state index in [9.17, 15) is 19.5 Å². The molecule has 0 bridgehead atoms. The molecule has 0 saturated carbocycles. The molecule has 54 heavy (non-hydrogen) atoms. The molecular weight excluding hydrogens is 673 g/mol. The smallest absolute Gasteiger partial charge is 0.326 e. The Morgan fingerprint density at radius 2 is 1.02 bits per heavy atom. The van der Waals surface area contributed by atoms with E-state index >= 15 is 0 Å². The molecule has 1 amide bonds. The molecule has 0 saturated heterocycles. The van der Waals surface area contributed by atoms with Gasteiger partial charge in [-0.3, -0.25) is 9.59 Å². The third-order valence-corrected chi connectivity index (χ3v) is 9.92. The van der Waals surface area contributed by atoms with Gasteiger partial charge in [0.15, 0.2) is 0 Å². The predicted molar refractivity (Wildman–Crippen MR) is 230 cm³/mol. The number of ether oxygens (including phenoxy) is 1. The van der Waals surface area contributed by atoms with Crippen molar-refractivity contribution >= 4 is 17.8 Å². The van der Waals surface area contributed by atoms with Gasteiger partial charge in [-0.15, -0.1) is 0 Å². The van der Waals surface area contributed by atoms with Crippen LogP contribution in [0.1, 0.15) is 213 Å². The molecule has 4 N–H and O–H groups in total. The molecule has 0 heterocycles. The zero-order valence-electron chi connectivity index (χ0n) is 35.1. The van der Waals surface area contributed by atoms with Crippen LogP contribution in [-0.4, -0.2) is 41.6 Å². The Morgan fingerprint density at radius 1 is 0.556 bits per heavy atom. The lowest BCUT2D eigenvalue weighted by Crippen LogP contribution is -2.40. The number of aliphatic carboxylic acids is 1. The number of nitrogens with one attached hydrogen (secondary N) is 1. The average Bonchev–Trinajstić information content (AvgIpc) is 3.16. The van der Waals surface area contributed by atoms with Crippen LogP contribution >= 0.6 is 0 Å².